The standard InChI is InChI=1S/C11H16BrNO2S2/c1-8-4-3-5-9(2)13(8)17(14,15)11-10(12)6-7-16-11/h6-9H,3-5H2,1-2H3. The number of hydrogen-bond acceptors (Lipinski definition) is 3. The van der Waals surface area contributed by atoms with Crippen molar-refractivity contribution >= 4 is 37.3 Å². The molecule has 0 aromatic carbocycles. The number of hydrogen-bond donors (Lipinski definition) is 0. The molecule has 0 bridgehead atoms. The van der Waals surface area contributed by atoms with E-state index in [0.717, 1.165) is 19.3 Å². The Bertz CT molecular complexity index is 487. The molecule has 1 aromatic heterocycles. The zero-order valence-corrected chi connectivity index (χ0v) is 13.1. The molecule has 2 rings (SSSR count). The lowest BCUT2D eigenvalue weighted by atomic mass is 10.0. The molecule has 1 aliphatic heterocycles. The van der Waals surface area contributed by atoms with Crippen molar-refractivity contribution in [2.75, 3.05) is 0 Å². The van der Waals surface area contributed by atoms with Crippen molar-refractivity contribution in [3.05, 3.63) is 15.9 Å². The first-order valence-corrected chi connectivity index (χ1v) is 8.82. The van der Waals surface area contributed by atoms with Crippen molar-refractivity contribution in [2.45, 2.75) is 49.4 Å². The molecular weight excluding hydrogens is 322 g/mol. The van der Waals surface area contributed by atoms with Crippen molar-refractivity contribution in [3.8, 4) is 0 Å². The molecule has 96 valence electrons. The number of piperidine rings is 1. The zero-order chi connectivity index (χ0) is 12.6. The van der Waals surface area contributed by atoms with Gasteiger partial charge < -0.3 is 0 Å². The van der Waals surface area contributed by atoms with Crippen LogP contribution >= 0.6 is 27.3 Å². The van der Waals surface area contributed by atoms with Crippen molar-refractivity contribution in [1.29, 1.82) is 0 Å². The van der Waals surface area contributed by atoms with E-state index in [9.17, 15) is 8.42 Å². The summed E-state index contributed by atoms with van der Waals surface area (Å²) in [4.78, 5) is 0. The summed E-state index contributed by atoms with van der Waals surface area (Å²) in [5.74, 6) is 0. The smallest absolute Gasteiger partial charge is 0.206 e. The first-order valence-electron chi connectivity index (χ1n) is 5.71. The van der Waals surface area contributed by atoms with Gasteiger partial charge in [0.1, 0.15) is 4.21 Å². The molecule has 0 radical (unpaired) electrons. The van der Waals surface area contributed by atoms with Crippen LogP contribution in [0.25, 0.3) is 0 Å². The summed E-state index contributed by atoms with van der Waals surface area (Å²) >= 11 is 4.59. The average molecular weight is 338 g/mol. The second-order valence-electron chi connectivity index (χ2n) is 4.52. The molecule has 0 N–H and O–H groups in total. The number of halogens is 1. The highest BCUT2D eigenvalue weighted by atomic mass is 79.9. The molecular formula is C11H16BrNO2S2. The lowest BCUT2D eigenvalue weighted by Crippen LogP contribution is -2.47. The van der Waals surface area contributed by atoms with Gasteiger partial charge in [0.2, 0.25) is 0 Å². The molecule has 1 aliphatic rings. The summed E-state index contributed by atoms with van der Waals surface area (Å²) < 4.78 is 28.0. The zero-order valence-electron chi connectivity index (χ0n) is 9.89. The lowest BCUT2D eigenvalue weighted by Gasteiger charge is -2.37. The Kier molecular flexibility index (Phi) is 3.97. The molecule has 1 aromatic rings. The molecule has 1 saturated heterocycles. The monoisotopic (exact) mass is 337 g/mol. The van der Waals surface area contributed by atoms with Gasteiger partial charge in [0.15, 0.2) is 0 Å². The van der Waals surface area contributed by atoms with Crippen LogP contribution in [0.4, 0.5) is 0 Å². The second kappa shape index (κ2) is 4.99. The maximum absolute atomic E-state index is 12.6. The summed E-state index contributed by atoms with van der Waals surface area (Å²) in [7, 11) is -3.34. The Balaban J connectivity index is 2.41. The molecule has 17 heavy (non-hydrogen) atoms. The van der Waals surface area contributed by atoms with Crippen LogP contribution in [0, 0.1) is 0 Å². The van der Waals surface area contributed by atoms with Crippen LogP contribution < -0.4 is 0 Å². The fourth-order valence-corrected chi connectivity index (χ4v) is 6.72. The van der Waals surface area contributed by atoms with Crippen LogP contribution in [0.15, 0.2) is 20.1 Å². The molecule has 2 heterocycles. The van der Waals surface area contributed by atoms with Gasteiger partial charge in [-0.2, -0.15) is 4.31 Å². The van der Waals surface area contributed by atoms with E-state index in [1.807, 2.05) is 13.8 Å². The topological polar surface area (TPSA) is 37.4 Å². The van der Waals surface area contributed by atoms with E-state index in [2.05, 4.69) is 15.9 Å². The molecule has 6 heteroatoms. The van der Waals surface area contributed by atoms with Gasteiger partial charge in [0, 0.05) is 16.6 Å². The Labute approximate surface area is 115 Å². The van der Waals surface area contributed by atoms with E-state index in [1.165, 1.54) is 11.3 Å². The van der Waals surface area contributed by atoms with Gasteiger partial charge in [-0.15, -0.1) is 11.3 Å². The summed E-state index contributed by atoms with van der Waals surface area (Å²) in [5.41, 5.74) is 0. The predicted octanol–water partition coefficient (Wildman–Crippen LogP) is 3.46. The molecule has 2 unspecified atom stereocenters. The van der Waals surface area contributed by atoms with Crippen LogP contribution in [-0.2, 0) is 10.0 Å². The fraction of sp³-hybridized carbons (Fsp3) is 0.636. The minimum atomic E-state index is -3.34. The summed E-state index contributed by atoms with van der Waals surface area (Å²) in [6.45, 7) is 3.99. The van der Waals surface area contributed by atoms with Gasteiger partial charge in [0.25, 0.3) is 10.0 Å². The molecule has 0 saturated carbocycles. The molecule has 1 fully saturated rings. The first-order chi connectivity index (χ1) is 7.94. The minimum absolute atomic E-state index is 0.0951. The van der Waals surface area contributed by atoms with Gasteiger partial charge in [0.05, 0.1) is 0 Å². The third-order valence-electron chi connectivity index (χ3n) is 3.21. The van der Waals surface area contributed by atoms with Crippen LogP contribution in [0.5, 0.6) is 0 Å². The highest BCUT2D eigenvalue weighted by molar-refractivity contribution is 9.10. The van der Waals surface area contributed by atoms with Crippen molar-refractivity contribution in [3.63, 3.8) is 0 Å². The maximum atomic E-state index is 12.6. The van der Waals surface area contributed by atoms with E-state index < -0.39 is 10.0 Å². The third kappa shape index (κ3) is 2.45. The Morgan fingerprint density at radius 1 is 1.35 bits per heavy atom. The number of nitrogens with zero attached hydrogens (tertiary/aromatic N) is 1. The van der Waals surface area contributed by atoms with Gasteiger partial charge in [-0.25, -0.2) is 8.42 Å². The van der Waals surface area contributed by atoms with E-state index in [-0.39, 0.29) is 12.1 Å². The van der Waals surface area contributed by atoms with Crippen molar-refractivity contribution in [1.82, 2.24) is 4.31 Å². The molecule has 0 aliphatic carbocycles. The van der Waals surface area contributed by atoms with Gasteiger partial charge >= 0.3 is 0 Å². The van der Waals surface area contributed by atoms with Gasteiger partial charge in [-0.3, -0.25) is 0 Å². The van der Waals surface area contributed by atoms with Crippen LogP contribution in [0.2, 0.25) is 0 Å². The minimum Gasteiger partial charge on any atom is -0.206 e. The van der Waals surface area contributed by atoms with Crippen LogP contribution in [0.3, 0.4) is 0 Å². The quantitative estimate of drug-likeness (QED) is 0.828. The van der Waals surface area contributed by atoms with E-state index in [1.54, 1.807) is 15.8 Å². The Hall–Kier alpha value is 0.0900. The maximum Gasteiger partial charge on any atom is 0.254 e. The van der Waals surface area contributed by atoms with Gasteiger partial charge in [-0.05, 0) is 54.1 Å². The predicted molar refractivity (Wildman–Crippen MR) is 73.8 cm³/mol. The summed E-state index contributed by atoms with van der Waals surface area (Å²) in [5, 5.41) is 1.80. The molecule has 2 atom stereocenters. The summed E-state index contributed by atoms with van der Waals surface area (Å²) in [6.07, 6.45) is 3.01. The fourth-order valence-electron chi connectivity index (χ4n) is 2.43. The van der Waals surface area contributed by atoms with Crippen LogP contribution in [-0.4, -0.2) is 24.8 Å². The van der Waals surface area contributed by atoms with E-state index in [0.29, 0.717) is 8.68 Å². The molecule has 0 spiro atoms. The second-order valence-corrected chi connectivity index (χ2v) is 8.33. The number of thiophene rings is 1. The molecule has 0 amide bonds. The Morgan fingerprint density at radius 3 is 2.41 bits per heavy atom. The first kappa shape index (κ1) is 13.5. The third-order valence-corrected chi connectivity index (χ3v) is 7.98. The average Bonchev–Trinajstić information content (AvgIpc) is 2.64. The highest BCUT2D eigenvalue weighted by Gasteiger charge is 2.37. The van der Waals surface area contributed by atoms with Crippen molar-refractivity contribution < 1.29 is 8.42 Å². The van der Waals surface area contributed by atoms with Crippen molar-refractivity contribution in [2.24, 2.45) is 0 Å². The normalized spacial score (nSPS) is 27.2. The van der Waals surface area contributed by atoms with Gasteiger partial charge in [-0.1, -0.05) is 6.42 Å². The van der Waals surface area contributed by atoms with E-state index in [4.69, 9.17) is 0 Å². The Morgan fingerprint density at radius 2 is 1.94 bits per heavy atom. The molecule has 3 nitrogen and oxygen atoms in total. The van der Waals surface area contributed by atoms with Crippen LogP contribution in [0.1, 0.15) is 33.1 Å². The lowest BCUT2D eigenvalue weighted by molar-refractivity contribution is 0.204. The highest BCUT2D eigenvalue weighted by Crippen LogP contribution is 2.35. The largest absolute Gasteiger partial charge is 0.254 e. The number of rotatable bonds is 2. The summed E-state index contributed by atoms with van der Waals surface area (Å²) in [6, 6.07) is 1.98. The SMILES string of the molecule is CC1CCCC(C)N1S(=O)(=O)c1sccc1Br. The van der Waals surface area contributed by atoms with E-state index >= 15 is 0 Å². The number of sulfonamides is 1.